The summed E-state index contributed by atoms with van der Waals surface area (Å²) in [6.07, 6.45) is 3.00. The Bertz CT molecular complexity index is 1360. The number of piperazine rings is 1. The Morgan fingerprint density at radius 3 is 2.49 bits per heavy atom. The number of nitrogens with zero attached hydrogens (tertiary/aromatic N) is 5. The van der Waals surface area contributed by atoms with Gasteiger partial charge >= 0.3 is 6.09 Å². The van der Waals surface area contributed by atoms with E-state index in [1.807, 2.05) is 43.7 Å². The molecule has 2 fully saturated rings. The molecule has 2 saturated heterocycles. The predicted molar refractivity (Wildman–Crippen MR) is 173 cm³/mol. The van der Waals surface area contributed by atoms with Crippen molar-refractivity contribution in [2.45, 2.75) is 90.4 Å². The molecule has 0 saturated carbocycles. The summed E-state index contributed by atoms with van der Waals surface area (Å²) in [5.74, 6) is -0.228. The number of ether oxygens (including phenoxy) is 2. The number of anilines is 1. The van der Waals surface area contributed by atoms with E-state index >= 15 is 0 Å². The zero-order chi connectivity index (χ0) is 32.5. The number of morpholine rings is 1. The van der Waals surface area contributed by atoms with Crippen LogP contribution in [0.15, 0.2) is 36.5 Å². The lowest BCUT2D eigenvalue weighted by Crippen LogP contribution is -2.61. The van der Waals surface area contributed by atoms with E-state index in [0.29, 0.717) is 32.1 Å². The summed E-state index contributed by atoms with van der Waals surface area (Å²) >= 11 is 0. The highest BCUT2D eigenvalue weighted by atomic mass is 19.1. The van der Waals surface area contributed by atoms with E-state index in [1.54, 1.807) is 12.1 Å². The molecule has 3 atom stereocenters. The zero-order valence-electron chi connectivity index (χ0n) is 28.0. The van der Waals surface area contributed by atoms with Crippen LogP contribution in [-0.2, 0) is 26.1 Å². The van der Waals surface area contributed by atoms with Gasteiger partial charge in [-0.2, -0.15) is 0 Å². The highest BCUT2D eigenvalue weighted by molar-refractivity contribution is 5.97. The van der Waals surface area contributed by atoms with Gasteiger partial charge in [-0.3, -0.25) is 19.6 Å². The van der Waals surface area contributed by atoms with Gasteiger partial charge < -0.3 is 19.3 Å². The highest BCUT2D eigenvalue weighted by Gasteiger charge is 2.42. The molecule has 0 aliphatic carbocycles. The third-order valence-corrected chi connectivity index (χ3v) is 9.21. The Hall–Kier alpha value is -3.08. The number of rotatable bonds is 7. The molecule has 3 aliphatic rings. The Balaban J connectivity index is 1.34. The zero-order valence-corrected chi connectivity index (χ0v) is 28.0. The monoisotopic (exact) mass is 623 g/mol. The smallest absolute Gasteiger partial charge is 0.410 e. The van der Waals surface area contributed by atoms with Crippen molar-refractivity contribution in [1.82, 2.24) is 19.7 Å². The molecule has 2 unspecified atom stereocenters. The SMILES string of the molecule is CC1CN(CC(=O)N2CC(C)(C)c3ncc(Cc4ccc(F)cc4)cc32)C(CCN2CCOC[C@H]2C)CN1C(=O)OC(C)(C)C. The molecule has 246 valence electrons. The fraction of sp³-hybridized carbons (Fsp3) is 0.629. The standard InChI is InChI=1S/C35H50FN5O4/c1-24-19-39(29(12-13-38-14-15-44-22-25(38)2)20-40(24)33(43)45-34(3,4)5)21-31(42)41-23-35(6,7)32-30(41)17-27(18-37-32)16-26-8-10-28(36)11-9-26/h8-11,17-18,24-25,29H,12-16,19-23H2,1-7H3/t24?,25-,29?/m1/s1. The fourth-order valence-electron chi connectivity index (χ4n) is 6.75. The molecule has 5 rings (SSSR count). The van der Waals surface area contributed by atoms with Gasteiger partial charge in [-0.05, 0) is 76.8 Å². The molecular formula is C35H50FN5O4. The van der Waals surface area contributed by atoms with E-state index in [2.05, 4.69) is 36.6 Å². The van der Waals surface area contributed by atoms with Crippen LogP contribution in [0.1, 0.15) is 71.7 Å². The first-order valence-corrected chi connectivity index (χ1v) is 16.3. The van der Waals surface area contributed by atoms with Gasteiger partial charge in [0.2, 0.25) is 5.91 Å². The maximum Gasteiger partial charge on any atom is 0.410 e. The van der Waals surface area contributed by atoms with E-state index in [1.165, 1.54) is 12.1 Å². The maximum absolute atomic E-state index is 14.2. The average Bonchev–Trinajstić information content (AvgIpc) is 3.23. The van der Waals surface area contributed by atoms with Crippen LogP contribution in [0.25, 0.3) is 0 Å². The second-order valence-corrected chi connectivity index (χ2v) is 14.7. The first-order chi connectivity index (χ1) is 21.2. The second-order valence-electron chi connectivity index (χ2n) is 14.7. The van der Waals surface area contributed by atoms with Crippen molar-refractivity contribution in [3.63, 3.8) is 0 Å². The van der Waals surface area contributed by atoms with Gasteiger partial charge in [-0.1, -0.05) is 26.0 Å². The molecule has 10 heteroatoms. The predicted octanol–water partition coefficient (Wildman–Crippen LogP) is 4.86. The van der Waals surface area contributed by atoms with Crippen molar-refractivity contribution in [2.24, 2.45) is 0 Å². The van der Waals surface area contributed by atoms with Gasteiger partial charge in [0.1, 0.15) is 11.4 Å². The summed E-state index contributed by atoms with van der Waals surface area (Å²) in [6, 6.07) is 8.81. The molecule has 0 bridgehead atoms. The van der Waals surface area contributed by atoms with E-state index in [9.17, 15) is 14.0 Å². The van der Waals surface area contributed by atoms with Gasteiger partial charge in [0, 0.05) is 62.5 Å². The number of amides is 2. The van der Waals surface area contributed by atoms with Crippen LogP contribution in [0.5, 0.6) is 0 Å². The highest BCUT2D eigenvalue weighted by Crippen LogP contribution is 2.40. The number of aromatic nitrogens is 1. The minimum Gasteiger partial charge on any atom is -0.444 e. The molecule has 1 aromatic heterocycles. The lowest BCUT2D eigenvalue weighted by Gasteiger charge is -2.46. The van der Waals surface area contributed by atoms with Gasteiger partial charge in [-0.25, -0.2) is 9.18 Å². The van der Waals surface area contributed by atoms with Gasteiger partial charge in [-0.15, -0.1) is 0 Å². The van der Waals surface area contributed by atoms with Crippen molar-refractivity contribution in [3.8, 4) is 0 Å². The van der Waals surface area contributed by atoms with E-state index < -0.39 is 5.60 Å². The lowest BCUT2D eigenvalue weighted by atomic mass is 9.91. The Morgan fingerprint density at radius 2 is 1.80 bits per heavy atom. The van der Waals surface area contributed by atoms with E-state index in [-0.39, 0.29) is 41.9 Å². The molecule has 45 heavy (non-hydrogen) atoms. The van der Waals surface area contributed by atoms with E-state index in [0.717, 1.165) is 55.2 Å². The molecule has 2 aromatic rings. The fourth-order valence-corrected chi connectivity index (χ4v) is 6.75. The number of carbonyl (C=O) groups is 2. The number of carbonyl (C=O) groups excluding carboxylic acids is 2. The molecule has 1 aromatic carbocycles. The van der Waals surface area contributed by atoms with Crippen molar-refractivity contribution in [1.29, 1.82) is 0 Å². The topological polar surface area (TPSA) is 78.5 Å². The van der Waals surface area contributed by atoms with Gasteiger partial charge in [0.15, 0.2) is 0 Å². The van der Waals surface area contributed by atoms with Crippen LogP contribution in [0.3, 0.4) is 0 Å². The van der Waals surface area contributed by atoms with Gasteiger partial charge in [0.25, 0.3) is 0 Å². The molecule has 0 radical (unpaired) electrons. The summed E-state index contributed by atoms with van der Waals surface area (Å²) in [5, 5.41) is 0. The van der Waals surface area contributed by atoms with E-state index in [4.69, 9.17) is 14.5 Å². The number of fused-ring (bicyclic) bond motifs is 1. The Kier molecular flexibility index (Phi) is 9.87. The molecular weight excluding hydrogens is 573 g/mol. The quantitative estimate of drug-likeness (QED) is 0.436. The van der Waals surface area contributed by atoms with Crippen LogP contribution in [0.2, 0.25) is 0 Å². The molecule has 0 spiro atoms. The minimum absolute atomic E-state index is 0.00531. The summed E-state index contributed by atoms with van der Waals surface area (Å²) in [6.45, 7) is 19.2. The summed E-state index contributed by atoms with van der Waals surface area (Å²) in [7, 11) is 0. The molecule has 9 nitrogen and oxygen atoms in total. The Morgan fingerprint density at radius 1 is 1.07 bits per heavy atom. The number of halogens is 1. The van der Waals surface area contributed by atoms with Crippen LogP contribution < -0.4 is 4.90 Å². The second kappa shape index (κ2) is 13.3. The third-order valence-electron chi connectivity index (χ3n) is 9.21. The third kappa shape index (κ3) is 8.02. The lowest BCUT2D eigenvalue weighted by molar-refractivity contribution is -0.121. The number of benzene rings is 1. The normalized spacial score (nSPS) is 24.0. The average molecular weight is 624 g/mol. The molecule has 4 heterocycles. The number of pyridine rings is 1. The van der Waals surface area contributed by atoms with Crippen LogP contribution >= 0.6 is 0 Å². The first-order valence-electron chi connectivity index (χ1n) is 16.3. The Labute approximate surface area is 267 Å². The largest absolute Gasteiger partial charge is 0.444 e. The number of hydrogen-bond donors (Lipinski definition) is 0. The van der Waals surface area contributed by atoms with Crippen molar-refractivity contribution >= 4 is 17.7 Å². The van der Waals surface area contributed by atoms with Crippen molar-refractivity contribution in [3.05, 3.63) is 59.2 Å². The van der Waals surface area contributed by atoms with Crippen molar-refractivity contribution < 1.29 is 23.5 Å². The number of hydrogen-bond acceptors (Lipinski definition) is 7. The molecule has 0 N–H and O–H groups in total. The summed E-state index contributed by atoms with van der Waals surface area (Å²) < 4.78 is 24.9. The first kappa shape index (κ1) is 33.3. The van der Waals surface area contributed by atoms with Crippen LogP contribution in [0, 0.1) is 5.82 Å². The van der Waals surface area contributed by atoms with Gasteiger partial charge in [0.05, 0.1) is 31.1 Å². The van der Waals surface area contributed by atoms with Crippen LogP contribution in [0.4, 0.5) is 14.9 Å². The minimum atomic E-state index is -0.581. The summed E-state index contributed by atoms with van der Waals surface area (Å²) in [5.41, 5.74) is 2.87. The van der Waals surface area contributed by atoms with Crippen molar-refractivity contribution in [2.75, 3.05) is 57.4 Å². The molecule has 3 aliphatic heterocycles. The summed E-state index contributed by atoms with van der Waals surface area (Å²) in [4.78, 5) is 40.6. The molecule has 2 amide bonds. The van der Waals surface area contributed by atoms with Crippen LogP contribution in [-0.4, -0.2) is 108 Å². The maximum atomic E-state index is 14.2.